The predicted octanol–water partition coefficient (Wildman–Crippen LogP) is 3.54. The molecule has 0 radical (unpaired) electrons. The van der Waals surface area contributed by atoms with Crippen molar-refractivity contribution in [3.63, 3.8) is 0 Å². The van der Waals surface area contributed by atoms with Gasteiger partial charge in [0.05, 0.1) is 12.3 Å². The summed E-state index contributed by atoms with van der Waals surface area (Å²) in [5.41, 5.74) is 0.834. The van der Waals surface area contributed by atoms with Crippen LogP contribution in [0.1, 0.15) is 30.2 Å². The summed E-state index contributed by atoms with van der Waals surface area (Å²) >= 11 is 3.16. The molecule has 0 bridgehead atoms. The maximum Gasteiger partial charge on any atom is 0.244 e. The minimum Gasteiger partial charge on any atom is -0.469 e. The lowest BCUT2D eigenvalue weighted by Crippen LogP contribution is -2.31. The van der Waals surface area contributed by atoms with Gasteiger partial charge in [-0.3, -0.25) is 0 Å². The number of rotatable bonds is 3. The van der Waals surface area contributed by atoms with E-state index in [2.05, 4.69) is 20.7 Å². The third-order valence-electron chi connectivity index (χ3n) is 3.53. The third kappa shape index (κ3) is 2.90. The van der Waals surface area contributed by atoms with Crippen LogP contribution in [-0.4, -0.2) is 8.42 Å². The Morgan fingerprint density at radius 3 is 2.95 bits per heavy atom. The maximum absolute atomic E-state index is 13.8. The monoisotopic (exact) mass is 373 g/mol. The molecular weight excluding hydrogens is 361 g/mol. The number of nitrogens with one attached hydrogen (secondary N) is 1. The Hall–Kier alpha value is -1.18. The molecule has 2 aromatic rings. The van der Waals surface area contributed by atoms with Crippen molar-refractivity contribution in [2.24, 2.45) is 0 Å². The van der Waals surface area contributed by atoms with Gasteiger partial charge in [0.15, 0.2) is 0 Å². The summed E-state index contributed by atoms with van der Waals surface area (Å²) in [6.07, 6.45) is 3.85. The van der Waals surface area contributed by atoms with Gasteiger partial charge in [-0.25, -0.2) is 17.5 Å². The van der Waals surface area contributed by atoms with Gasteiger partial charge >= 0.3 is 0 Å². The number of hydrogen-bond donors (Lipinski definition) is 1. The summed E-state index contributed by atoms with van der Waals surface area (Å²) in [5, 5.41) is 0. The molecule has 0 fully saturated rings. The SMILES string of the molecule is O=S(=O)(NC1CCCc2occc21)c1cc(Br)ccc1F. The Morgan fingerprint density at radius 1 is 1.33 bits per heavy atom. The molecule has 1 aromatic carbocycles. The fourth-order valence-corrected chi connectivity index (χ4v) is 4.41. The molecule has 112 valence electrons. The van der Waals surface area contributed by atoms with Crippen molar-refractivity contribution in [2.75, 3.05) is 0 Å². The van der Waals surface area contributed by atoms with E-state index in [-0.39, 0.29) is 10.9 Å². The molecule has 1 unspecified atom stereocenters. The molecule has 0 amide bonds. The van der Waals surface area contributed by atoms with E-state index in [1.54, 1.807) is 12.3 Å². The molecule has 1 heterocycles. The van der Waals surface area contributed by atoms with Crippen molar-refractivity contribution in [2.45, 2.75) is 30.2 Å². The second-order valence-electron chi connectivity index (χ2n) is 4.94. The van der Waals surface area contributed by atoms with Crippen LogP contribution in [0.5, 0.6) is 0 Å². The van der Waals surface area contributed by atoms with E-state index in [9.17, 15) is 12.8 Å². The molecule has 4 nitrogen and oxygen atoms in total. The van der Waals surface area contributed by atoms with E-state index in [0.29, 0.717) is 10.9 Å². The first-order valence-electron chi connectivity index (χ1n) is 6.51. The van der Waals surface area contributed by atoms with Crippen molar-refractivity contribution in [3.05, 3.63) is 52.1 Å². The van der Waals surface area contributed by atoms with Crippen molar-refractivity contribution in [1.82, 2.24) is 4.72 Å². The topological polar surface area (TPSA) is 59.3 Å². The number of fused-ring (bicyclic) bond motifs is 1. The van der Waals surface area contributed by atoms with E-state index >= 15 is 0 Å². The van der Waals surface area contributed by atoms with Crippen LogP contribution in [0, 0.1) is 5.82 Å². The van der Waals surface area contributed by atoms with Crippen LogP contribution in [-0.2, 0) is 16.4 Å². The zero-order chi connectivity index (χ0) is 15.0. The Bertz CT molecular complexity index is 772. The van der Waals surface area contributed by atoms with Gasteiger partial charge in [0.2, 0.25) is 10.0 Å². The number of aryl methyl sites for hydroxylation is 1. The Morgan fingerprint density at radius 2 is 2.14 bits per heavy atom. The summed E-state index contributed by atoms with van der Waals surface area (Å²) in [7, 11) is -3.93. The summed E-state index contributed by atoms with van der Waals surface area (Å²) in [4.78, 5) is -0.354. The number of sulfonamides is 1. The van der Waals surface area contributed by atoms with Gasteiger partial charge in [0.25, 0.3) is 0 Å². The lowest BCUT2D eigenvalue weighted by molar-refractivity contribution is 0.437. The Kier molecular flexibility index (Phi) is 3.90. The lowest BCUT2D eigenvalue weighted by atomic mass is 9.94. The molecular formula is C14H13BrFNO3S. The van der Waals surface area contributed by atoms with Crippen molar-refractivity contribution in [3.8, 4) is 0 Å². The highest BCUT2D eigenvalue weighted by atomic mass is 79.9. The van der Waals surface area contributed by atoms with Gasteiger partial charge in [-0.05, 0) is 37.1 Å². The minimum absolute atomic E-state index is 0.354. The van der Waals surface area contributed by atoms with Crippen LogP contribution in [0.2, 0.25) is 0 Å². The smallest absolute Gasteiger partial charge is 0.244 e. The molecule has 1 aromatic heterocycles. The number of hydrogen-bond acceptors (Lipinski definition) is 3. The molecule has 0 saturated carbocycles. The van der Waals surface area contributed by atoms with E-state index in [1.165, 1.54) is 12.1 Å². The van der Waals surface area contributed by atoms with E-state index in [1.807, 2.05) is 0 Å². The van der Waals surface area contributed by atoms with Crippen LogP contribution in [0.3, 0.4) is 0 Å². The first kappa shape index (κ1) is 14.7. The minimum atomic E-state index is -3.93. The van der Waals surface area contributed by atoms with Gasteiger partial charge in [0, 0.05) is 16.5 Å². The molecule has 1 N–H and O–H groups in total. The van der Waals surface area contributed by atoms with Crippen LogP contribution in [0.15, 0.2) is 44.3 Å². The molecule has 21 heavy (non-hydrogen) atoms. The average molecular weight is 374 g/mol. The van der Waals surface area contributed by atoms with Gasteiger partial charge < -0.3 is 4.42 Å². The molecule has 0 saturated heterocycles. The molecule has 0 spiro atoms. The zero-order valence-corrected chi connectivity index (χ0v) is 13.4. The van der Waals surface area contributed by atoms with Crippen LogP contribution in [0.25, 0.3) is 0 Å². The summed E-state index contributed by atoms with van der Waals surface area (Å²) in [6, 6.07) is 5.23. The van der Waals surface area contributed by atoms with Crippen LogP contribution >= 0.6 is 15.9 Å². The van der Waals surface area contributed by atoms with Crippen LogP contribution < -0.4 is 4.72 Å². The van der Waals surface area contributed by atoms with Gasteiger partial charge in [-0.15, -0.1) is 0 Å². The third-order valence-corrected chi connectivity index (χ3v) is 5.51. The van der Waals surface area contributed by atoms with E-state index < -0.39 is 15.8 Å². The van der Waals surface area contributed by atoms with Crippen molar-refractivity contribution in [1.29, 1.82) is 0 Å². The molecule has 1 atom stereocenters. The fraction of sp³-hybridized carbons (Fsp3) is 0.286. The molecule has 0 aliphatic heterocycles. The Labute approximate surface area is 130 Å². The second kappa shape index (κ2) is 5.55. The molecule has 1 aliphatic rings. The predicted molar refractivity (Wildman–Crippen MR) is 78.8 cm³/mol. The van der Waals surface area contributed by atoms with Crippen molar-refractivity contribution < 1.29 is 17.2 Å². The highest BCUT2D eigenvalue weighted by Gasteiger charge is 2.29. The van der Waals surface area contributed by atoms with Gasteiger partial charge in [-0.1, -0.05) is 15.9 Å². The summed E-state index contributed by atoms with van der Waals surface area (Å²) in [6.45, 7) is 0. The number of benzene rings is 1. The van der Waals surface area contributed by atoms with Gasteiger partial charge in [0.1, 0.15) is 16.5 Å². The van der Waals surface area contributed by atoms with E-state index in [4.69, 9.17) is 4.42 Å². The first-order chi connectivity index (χ1) is 9.97. The van der Waals surface area contributed by atoms with Crippen LogP contribution in [0.4, 0.5) is 4.39 Å². The largest absolute Gasteiger partial charge is 0.469 e. The highest BCUT2D eigenvalue weighted by molar-refractivity contribution is 9.10. The molecule has 7 heteroatoms. The molecule has 3 rings (SSSR count). The second-order valence-corrected chi connectivity index (χ2v) is 7.54. The summed E-state index contributed by atoms with van der Waals surface area (Å²) < 4.78 is 47.0. The normalized spacial score (nSPS) is 18.5. The summed E-state index contributed by atoms with van der Waals surface area (Å²) in [5.74, 6) is 0.0255. The van der Waals surface area contributed by atoms with E-state index in [0.717, 1.165) is 30.2 Å². The number of furan rings is 1. The first-order valence-corrected chi connectivity index (χ1v) is 8.78. The average Bonchev–Trinajstić information content (AvgIpc) is 2.90. The standard InChI is InChI=1S/C14H13BrFNO3S/c15-9-4-5-11(16)14(8-9)21(18,19)17-12-2-1-3-13-10(12)6-7-20-13/h4-8,12,17H,1-3H2. The zero-order valence-electron chi connectivity index (χ0n) is 11.0. The number of halogens is 2. The quantitative estimate of drug-likeness (QED) is 0.894. The fourth-order valence-electron chi connectivity index (χ4n) is 2.54. The highest BCUT2D eigenvalue weighted by Crippen LogP contribution is 2.32. The van der Waals surface area contributed by atoms with Crippen molar-refractivity contribution >= 4 is 26.0 Å². The Balaban J connectivity index is 1.93. The lowest BCUT2D eigenvalue weighted by Gasteiger charge is -2.22. The maximum atomic E-state index is 13.8. The van der Waals surface area contributed by atoms with Gasteiger partial charge in [-0.2, -0.15) is 0 Å². The molecule has 1 aliphatic carbocycles.